The molecule has 2 aromatic carbocycles. The summed E-state index contributed by atoms with van der Waals surface area (Å²) in [4.78, 5) is 46.7. The van der Waals surface area contributed by atoms with Gasteiger partial charge in [0.2, 0.25) is 0 Å². The van der Waals surface area contributed by atoms with Gasteiger partial charge in [0.25, 0.3) is 0 Å². The largest absolute Gasteiger partial charge is 0.459 e. The molecule has 0 N–H and O–H groups in total. The van der Waals surface area contributed by atoms with Crippen molar-refractivity contribution in [3.63, 3.8) is 0 Å². The topological polar surface area (TPSA) is 96.0 Å². The molecule has 0 radical (unpaired) electrons. The van der Waals surface area contributed by atoms with Crippen molar-refractivity contribution in [1.82, 2.24) is 0 Å². The minimum absolute atomic E-state index is 0.0953. The van der Waals surface area contributed by atoms with E-state index >= 15 is 0 Å². The van der Waals surface area contributed by atoms with E-state index in [2.05, 4.69) is 0 Å². The number of esters is 2. The van der Waals surface area contributed by atoms with Crippen molar-refractivity contribution in [3.8, 4) is 0 Å². The Morgan fingerprint density at radius 3 is 1.24 bits per heavy atom. The third kappa shape index (κ3) is 6.36. The van der Waals surface area contributed by atoms with E-state index in [0.29, 0.717) is 22.3 Å². The average molecular weight is 398 g/mol. The first-order valence-electron chi connectivity index (χ1n) is 8.91. The van der Waals surface area contributed by atoms with E-state index in [0.717, 1.165) is 0 Å². The fraction of sp³-hybridized carbons (Fsp3) is 0.273. The van der Waals surface area contributed by atoms with Gasteiger partial charge >= 0.3 is 11.9 Å². The van der Waals surface area contributed by atoms with Crippen molar-refractivity contribution < 1.29 is 33.4 Å². The number of hydrogen-bond acceptors (Lipinski definition) is 7. The zero-order valence-electron chi connectivity index (χ0n) is 16.5. The second-order valence-electron chi connectivity index (χ2n) is 6.32. The van der Waals surface area contributed by atoms with Crippen LogP contribution in [-0.2, 0) is 14.2 Å². The lowest BCUT2D eigenvalue weighted by Gasteiger charge is -2.16. The van der Waals surface area contributed by atoms with Crippen molar-refractivity contribution in [1.29, 1.82) is 0 Å². The monoisotopic (exact) mass is 398 g/mol. The van der Waals surface area contributed by atoms with E-state index in [-0.39, 0.29) is 24.8 Å². The maximum absolute atomic E-state index is 12.1. The number of rotatable bonds is 9. The van der Waals surface area contributed by atoms with Gasteiger partial charge in [0.1, 0.15) is 19.3 Å². The predicted molar refractivity (Wildman–Crippen MR) is 104 cm³/mol. The molecule has 7 heteroatoms. The van der Waals surface area contributed by atoms with Gasteiger partial charge in [-0.15, -0.1) is 0 Å². The Bertz CT molecular complexity index is 809. The maximum Gasteiger partial charge on any atom is 0.338 e. The van der Waals surface area contributed by atoms with Crippen LogP contribution in [0.25, 0.3) is 0 Å². The zero-order chi connectivity index (χ0) is 21.4. The summed E-state index contributed by atoms with van der Waals surface area (Å²) in [7, 11) is 1.41. The summed E-state index contributed by atoms with van der Waals surface area (Å²) in [6.45, 7) is 2.66. The lowest BCUT2D eigenvalue weighted by Crippen LogP contribution is -2.27. The predicted octanol–water partition coefficient (Wildman–Crippen LogP) is 3.12. The number of ketones is 2. The van der Waals surface area contributed by atoms with Gasteiger partial charge in [-0.3, -0.25) is 9.59 Å². The van der Waals surface area contributed by atoms with Crippen LogP contribution in [0.5, 0.6) is 0 Å². The molecule has 0 saturated heterocycles. The molecule has 0 heterocycles. The molecule has 0 spiro atoms. The summed E-state index contributed by atoms with van der Waals surface area (Å²) >= 11 is 0. The molecule has 2 aromatic rings. The van der Waals surface area contributed by atoms with Crippen molar-refractivity contribution in [2.75, 3.05) is 20.3 Å². The van der Waals surface area contributed by atoms with Crippen LogP contribution in [0.3, 0.4) is 0 Å². The number of benzene rings is 2. The second kappa shape index (κ2) is 10.3. The Morgan fingerprint density at radius 2 is 0.966 bits per heavy atom. The summed E-state index contributed by atoms with van der Waals surface area (Å²) in [6.07, 6.45) is -0.643. The Morgan fingerprint density at radius 1 is 0.655 bits per heavy atom. The standard InChI is InChI=1S/C22H22O7/c1-14(23)16-4-8-18(9-5-16)21(25)28-12-20(27-3)13-29-22(26)19-10-6-17(7-11-19)15(2)24/h4-11,20H,12-13H2,1-3H3. The lowest BCUT2D eigenvalue weighted by molar-refractivity contribution is -0.0220. The first-order chi connectivity index (χ1) is 13.8. The van der Waals surface area contributed by atoms with E-state index in [9.17, 15) is 19.2 Å². The number of hydrogen-bond donors (Lipinski definition) is 0. The second-order valence-corrected chi connectivity index (χ2v) is 6.32. The van der Waals surface area contributed by atoms with E-state index in [4.69, 9.17) is 14.2 Å². The van der Waals surface area contributed by atoms with Gasteiger partial charge in [0.05, 0.1) is 11.1 Å². The molecule has 0 unspecified atom stereocenters. The minimum Gasteiger partial charge on any atom is -0.459 e. The van der Waals surface area contributed by atoms with Crippen LogP contribution in [-0.4, -0.2) is 49.9 Å². The number of ether oxygens (including phenoxy) is 3. The van der Waals surface area contributed by atoms with Gasteiger partial charge < -0.3 is 14.2 Å². The van der Waals surface area contributed by atoms with Crippen molar-refractivity contribution in [3.05, 3.63) is 70.8 Å². The van der Waals surface area contributed by atoms with E-state index in [1.54, 1.807) is 24.3 Å². The van der Waals surface area contributed by atoms with Gasteiger partial charge in [-0.25, -0.2) is 9.59 Å². The third-order valence-corrected chi connectivity index (χ3v) is 4.19. The zero-order valence-corrected chi connectivity index (χ0v) is 16.5. The highest BCUT2D eigenvalue weighted by Crippen LogP contribution is 2.09. The lowest BCUT2D eigenvalue weighted by atomic mass is 10.1. The fourth-order valence-corrected chi connectivity index (χ4v) is 2.37. The van der Waals surface area contributed by atoms with Gasteiger partial charge in [0.15, 0.2) is 11.6 Å². The molecule has 0 saturated carbocycles. The van der Waals surface area contributed by atoms with Gasteiger partial charge in [-0.05, 0) is 38.1 Å². The number of carbonyl (C=O) groups excluding carboxylic acids is 4. The Labute approximate surface area is 168 Å². The van der Waals surface area contributed by atoms with Crippen LogP contribution >= 0.6 is 0 Å². The minimum atomic E-state index is -0.643. The molecule has 0 fully saturated rings. The Hall–Kier alpha value is -3.32. The molecular weight excluding hydrogens is 376 g/mol. The van der Waals surface area contributed by atoms with Gasteiger partial charge in [0, 0.05) is 18.2 Å². The third-order valence-electron chi connectivity index (χ3n) is 4.19. The molecule has 0 aliphatic rings. The van der Waals surface area contributed by atoms with Crippen LogP contribution in [0.4, 0.5) is 0 Å². The van der Waals surface area contributed by atoms with Crippen LogP contribution in [0.1, 0.15) is 55.3 Å². The van der Waals surface area contributed by atoms with E-state index in [1.165, 1.54) is 45.2 Å². The van der Waals surface area contributed by atoms with E-state index < -0.39 is 18.0 Å². The van der Waals surface area contributed by atoms with E-state index in [1.807, 2.05) is 0 Å². The quantitative estimate of drug-likeness (QED) is 0.473. The van der Waals surface area contributed by atoms with Crippen LogP contribution in [0.15, 0.2) is 48.5 Å². The van der Waals surface area contributed by atoms with Crippen molar-refractivity contribution >= 4 is 23.5 Å². The molecule has 152 valence electrons. The van der Waals surface area contributed by atoms with Gasteiger partial charge in [-0.1, -0.05) is 24.3 Å². The first-order valence-corrected chi connectivity index (χ1v) is 8.91. The number of Topliss-reactive ketones (excluding diaryl/α,β-unsaturated/α-hetero) is 2. The van der Waals surface area contributed by atoms with Crippen LogP contribution in [0, 0.1) is 0 Å². The molecule has 0 atom stereocenters. The highest BCUT2D eigenvalue weighted by Gasteiger charge is 2.16. The number of methoxy groups -OCH3 is 1. The van der Waals surface area contributed by atoms with Crippen LogP contribution < -0.4 is 0 Å². The van der Waals surface area contributed by atoms with Crippen molar-refractivity contribution in [2.45, 2.75) is 20.0 Å². The normalized spacial score (nSPS) is 10.5. The SMILES string of the molecule is COC(COC(=O)c1ccc(C(C)=O)cc1)COC(=O)c1ccc(C(C)=O)cc1. The summed E-state index contributed by atoms with van der Waals surface area (Å²) in [5, 5.41) is 0. The summed E-state index contributed by atoms with van der Waals surface area (Å²) in [5.41, 5.74) is 1.60. The molecule has 0 aliphatic heterocycles. The molecule has 0 amide bonds. The smallest absolute Gasteiger partial charge is 0.338 e. The van der Waals surface area contributed by atoms with Gasteiger partial charge in [-0.2, -0.15) is 0 Å². The first kappa shape index (κ1) is 22.0. The molecule has 2 rings (SSSR count). The molecule has 29 heavy (non-hydrogen) atoms. The van der Waals surface area contributed by atoms with Crippen molar-refractivity contribution in [2.24, 2.45) is 0 Å². The molecule has 0 bridgehead atoms. The molecule has 0 aromatic heterocycles. The summed E-state index contributed by atoms with van der Waals surface area (Å²) in [6, 6.07) is 12.2. The Kier molecular flexibility index (Phi) is 7.79. The molecule has 0 aliphatic carbocycles. The Balaban J connectivity index is 1.85. The highest BCUT2D eigenvalue weighted by atomic mass is 16.6. The average Bonchev–Trinajstić information content (AvgIpc) is 2.73. The highest BCUT2D eigenvalue weighted by molar-refractivity contribution is 5.96. The maximum atomic E-state index is 12.1. The fourth-order valence-electron chi connectivity index (χ4n) is 2.37. The number of carbonyl (C=O) groups is 4. The summed E-state index contributed by atoms with van der Waals surface area (Å²) < 4.78 is 15.5. The molecular formula is C22H22O7. The molecule has 7 nitrogen and oxygen atoms in total. The van der Waals surface area contributed by atoms with Crippen LogP contribution in [0.2, 0.25) is 0 Å². The summed E-state index contributed by atoms with van der Waals surface area (Å²) in [5.74, 6) is -1.34.